The highest BCUT2D eigenvalue weighted by Gasteiger charge is 2.29. The molecular formula is C14H18ClN3O3. The molecule has 21 heavy (non-hydrogen) atoms. The van der Waals surface area contributed by atoms with Gasteiger partial charge in [-0.1, -0.05) is 18.5 Å². The maximum atomic E-state index is 12.6. The molecule has 2 N–H and O–H groups in total. The van der Waals surface area contributed by atoms with Crippen LogP contribution in [-0.4, -0.2) is 28.3 Å². The molecular weight excluding hydrogens is 294 g/mol. The number of anilines is 1. The number of nitrogen functional groups attached to an aromatic ring is 1. The Balaban J connectivity index is 2.33. The van der Waals surface area contributed by atoms with Crippen LogP contribution >= 0.6 is 11.6 Å². The number of likely N-dealkylation sites (tertiary alicyclic amines) is 1. The summed E-state index contributed by atoms with van der Waals surface area (Å²) in [6, 6.07) is 2.71. The van der Waals surface area contributed by atoms with E-state index in [9.17, 15) is 14.9 Å². The van der Waals surface area contributed by atoms with Gasteiger partial charge in [0.25, 0.3) is 11.6 Å². The molecule has 1 aliphatic heterocycles. The van der Waals surface area contributed by atoms with Gasteiger partial charge < -0.3 is 10.6 Å². The predicted molar refractivity (Wildman–Crippen MR) is 81.4 cm³/mol. The van der Waals surface area contributed by atoms with Gasteiger partial charge in [-0.3, -0.25) is 14.9 Å². The minimum atomic E-state index is -0.625. The number of rotatable bonds is 2. The van der Waals surface area contributed by atoms with Crippen LogP contribution in [0.3, 0.4) is 0 Å². The molecule has 1 aromatic carbocycles. The monoisotopic (exact) mass is 311 g/mol. The van der Waals surface area contributed by atoms with Crippen molar-refractivity contribution in [2.75, 3.05) is 12.3 Å². The van der Waals surface area contributed by atoms with Gasteiger partial charge in [-0.15, -0.1) is 0 Å². The average molecular weight is 312 g/mol. The van der Waals surface area contributed by atoms with Crippen LogP contribution in [-0.2, 0) is 0 Å². The quantitative estimate of drug-likeness (QED) is 0.516. The van der Waals surface area contributed by atoms with Crippen molar-refractivity contribution in [1.82, 2.24) is 4.90 Å². The van der Waals surface area contributed by atoms with Crippen LogP contribution in [0.1, 0.15) is 37.0 Å². The zero-order valence-corrected chi connectivity index (χ0v) is 12.8. The number of piperidine rings is 1. The van der Waals surface area contributed by atoms with E-state index in [0.717, 1.165) is 12.8 Å². The average Bonchev–Trinajstić information content (AvgIpc) is 2.40. The molecule has 2 unspecified atom stereocenters. The summed E-state index contributed by atoms with van der Waals surface area (Å²) in [7, 11) is 0. The summed E-state index contributed by atoms with van der Waals surface area (Å²) in [5, 5.41) is 11.0. The van der Waals surface area contributed by atoms with Crippen LogP contribution in [0.4, 0.5) is 11.4 Å². The first-order valence-corrected chi connectivity index (χ1v) is 7.23. The van der Waals surface area contributed by atoms with Crippen LogP contribution in [0.25, 0.3) is 0 Å². The maximum Gasteiger partial charge on any atom is 0.294 e. The molecule has 1 amide bonds. The first-order valence-electron chi connectivity index (χ1n) is 6.85. The SMILES string of the molecule is CC1CCN(C(=O)c2cc(Cl)c(N)c([N+](=O)[O-])c2)C(C)C1. The second-order valence-corrected chi connectivity index (χ2v) is 6.03. The molecule has 1 aromatic rings. The van der Waals surface area contributed by atoms with Gasteiger partial charge in [0.15, 0.2) is 0 Å². The molecule has 1 aliphatic rings. The minimum Gasteiger partial charge on any atom is -0.392 e. The van der Waals surface area contributed by atoms with Gasteiger partial charge in [-0.2, -0.15) is 0 Å². The number of nitrogens with zero attached hydrogens (tertiary/aromatic N) is 2. The number of halogens is 1. The maximum absolute atomic E-state index is 12.6. The van der Waals surface area contributed by atoms with Crippen molar-refractivity contribution in [3.63, 3.8) is 0 Å². The van der Waals surface area contributed by atoms with E-state index in [1.165, 1.54) is 12.1 Å². The number of benzene rings is 1. The van der Waals surface area contributed by atoms with Crippen LogP contribution in [0.15, 0.2) is 12.1 Å². The number of carbonyl (C=O) groups is 1. The van der Waals surface area contributed by atoms with E-state index in [2.05, 4.69) is 6.92 Å². The third kappa shape index (κ3) is 3.10. The summed E-state index contributed by atoms with van der Waals surface area (Å²) in [6.07, 6.45) is 1.86. The fourth-order valence-corrected chi connectivity index (χ4v) is 2.97. The molecule has 114 valence electrons. The predicted octanol–water partition coefficient (Wildman–Crippen LogP) is 3.09. The molecule has 0 aliphatic carbocycles. The second-order valence-electron chi connectivity index (χ2n) is 5.63. The van der Waals surface area contributed by atoms with Gasteiger partial charge in [0.05, 0.1) is 9.95 Å². The Bertz CT molecular complexity index is 591. The number of carbonyl (C=O) groups excluding carboxylic acids is 1. The lowest BCUT2D eigenvalue weighted by Crippen LogP contribution is -2.44. The summed E-state index contributed by atoms with van der Waals surface area (Å²) in [5.74, 6) is 0.341. The minimum absolute atomic E-state index is 0.0329. The zero-order valence-electron chi connectivity index (χ0n) is 12.0. The Hall–Kier alpha value is -1.82. The highest BCUT2D eigenvalue weighted by Crippen LogP contribution is 2.32. The molecule has 1 saturated heterocycles. The number of amides is 1. The van der Waals surface area contributed by atoms with Gasteiger partial charge in [-0.25, -0.2) is 0 Å². The Labute approximate surface area is 128 Å². The van der Waals surface area contributed by atoms with Crippen LogP contribution < -0.4 is 5.73 Å². The van der Waals surface area contributed by atoms with E-state index in [1.807, 2.05) is 6.92 Å². The van der Waals surface area contributed by atoms with E-state index < -0.39 is 4.92 Å². The zero-order chi connectivity index (χ0) is 15.7. The van der Waals surface area contributed by atoms with Gasteiger partial charge in [0.1, 0.15) is 5.69 Å². The molecule has 1 fully saturated rings. The van der Waals surface area contributed by atoms with Crippen LogP contribution in [0.2, 0.25) is 5.02 Å². The topological polar surface area (TPSA) is 89.5 Å². The van der Waals surface area contributed by atoms with Gasteiger partial charge >= 0.3 is 0 Å². The number of nitrogens with two attached hydrogens (primary N) is 1. The van der Waals surface area contributed by atoms with Gasteiger partial charge in [-0.05, 0) is 31.7 Å². The van der Waals surface area contributed by atoms with Crippen molar-refractivity contribution in [3.8, 4) is 0 Å². The Morgan fingerprint density at radius 3 is 2.71 bits per heavy atom. The lowest BCUT2D eigenvalue weighted by molar-refractivity contribution is -0.383. The first-order chi connectivity index (χ1) is 9.81. The number of hydrogen-bond donors (Lipinski definition) is 1. The molecule has 1 heterocycles. The van der Waals surface area contributed by atoms with Crippen molar-refractivity contribution in [1.29, 1.82) is 0 Å². The van der Waals surface area contributed by atoms with E-state index in [1.54, 1.807) is 4.90 Å². The molecule has 0 aromatic heterocycles. The van der Waals surface area contributed by atoms with Crippen LogP contribution in [0, 0.1) is 16.0 Å². The number of nitro benzene ring substituents is 1. The fraction of sp³-hybridized carbons (Fsp3) is 0.500. The van der Waals surface area contributed by atoms with E-state index in [4.69, 9.17) is 17.3 Å². The van der Waals surface area contributed by atoms with Crippen molar-refractivity contribution in [2.45, 2.75) is 32.7 Å². The number of nitro groups is 1. The molecule has 7 heteroatoms. The smallest absolute Gasteiger partial charge is 0.294 e. The van der Waals surface area contributed by atoms with Crippen molar-refractivity contribution < 1.29 is 9.72 Å². The summed E-state index contributed by atoms with van der Waals surface area (Å²) in [6.45, 7) is 4.79. The van der Waals surface area contributed by atoms with Gasteiger partial charge in [0, 0.05) is 24.2 Å². The Kier molecular flexibility index (Phi) is 4.37. The molecule has 0 saturated carbocycles. The highest BCUT2D eigenvalue weighted by molar-refractivity contribution is 6.34. The molecule has 0 spiro atoms. The molecule has 6 nitrogen and oxygen atoms in total. The lowest BCUT2D eigenvalue weighted by atomic mass is 9.93. The number of hydrogen-bond acceptors (Lipinski definition) is 4. The van der Waals surface area contributed by atoms with Crippen molar-refractivity contribution in [3.05, 3.63) is 32.8 Å². The summed E-state index contributed by atoms with van der Waals surface area (Å²) < 4.78 is 0. The molecule has 2 rings (SSSR count). The fourth-order valence-electron chi connectivity index (χ4n) is 2.75. The first kappa shape index (κ1) is 15.6. The third-order valence-corrected chi connectivity index (χ3v) is 4.26. The van der Waals surface area contributed by atoms with Crippen molar-refractivity contribution >= 4 is 28.9 Å². The second kappa shape index (κ2) is 5.89. The Morgan fingerprint density at radius 2 is 2.14 bits per heavy atom. The van der Waals surface area contributed by atoms with Gasteiger partial charge in [0.2, 0.25) is 0 Å². The lowest BCUT2D eigenvalue weighted by Gasteiger charge is -2.36. The standard InChI is InChI=1S/C14H18ClN3O3/c1-8-3-4-17(9(2)5-8)14(19)10-6-11(15)13(16)12(7-10)18(20)21/h6-9H,3-5,16H2,1-2H3. The molecule has 0 radical (unpaired) electrons. The largest absolute Gasteiger partial charge is 0.392 e. The Morgan fingerprint density at radius 1 is 1.48 bits per heavy atom. The molecule has 0 bridgehead atoms. The highest BCUT2D eigenvalue weighted by atomic mass is 35.5. The van der Waals surface area contributed by atoms with E-state index in [0.29, 0.717) is 12.5 Å². The normalized spacial score (nSPS) is 22.1. The summed E-state index contributed by atoms with van der Waals surface area (Å²) >= 11 is 5.91. The van der Waals surface area contributed by atoms with Crippen molar-refractivity contribution in [2.24, 2.45) is 5.92 Å². The third-order valence-electron chi connectivity index (χ3n) is 3.95. The van der Waals surface area contributed by atoms with E-state index in [-0.39, 0.29) is 33.9 Å². The van der Waals surface area contributed by atoms with Crippen LogP contribution in [0.5, 0.6) is 0 Å². The molecule has 2 atom stereocenters. The van der Waals surface area contributed by atoms with E-state index >= 15 is 0 Å². The summed E-state index contributed by atoms with van der Waals surface area (Å²) in [4.78, 5) is 24.6. The summed E-state index contributed by atoms with van der Waals surface area (Å²) in [5.41, 5.74) is 5.35.